The fraction of sp³-hybridized carbons (Fsp3) is 0.538. The lowest BCUT2D eigenvalue weighted by Crippen LogP contribution is -2.49. The summed E-state index contributed by atoms with van der Waals surface area (Å²) in [6.45, 7) is 4.47. The number of fused-ring (bicyclic) bond motifs is 1. The molecule has 1 saturated heterocycles. The van der Waals surface area contributed by atoms with E-state index in [4.69, 9.17) is 9.47 Å². The van der Waals surface area contributed by atoms with E-state index in [1.807, 2.05) is 36.1 Å². The largest absolute Gasteiger partial charge is 0.491 e. The first-order valence-corrected chi connectivity index (χ1v) is 12.9. The molecule has 2 aliphatic heterocycles. The standard InChI is InChI=1S/C26H32N2O4S/c1-18-5-2-3-7-23(18)32-17-22-21-11-14-33-24(21)10-12-28(22)25(29)16-27(26(30)19-8-9-19)15-20-6-4-13-31-20/h2-3,5,7,11,14,19-20,22H,4,6,8-10,12-13,15-17H2,1H3/t20-,22-/m1/s1. The van der Waals surface area contributed by atoms with Crippen LogP contribution in [0.4, 0.5) is 0 Å². The molecule has 2 atom stereocenters. The Kier molecular flexibility index (Phi) is 6.69. The molecule has 0 unspecified atom stereocenters. The number of para-hydroxylation sites is 1. The normalized spacial score (nSPS) is 22.2. The van der Waals surface area contributed by atoms with Gasteiger partial charge in [0, 0.05) is 30.5 Å². The molecule has 0 N–H and O–H groups in total. The number of amides is 2. The second-order valence-corrected chi connectivity index (χ2v) is 10.4. The predicted molar refractivity (Wildman–Crippen MR) is 127 cm³/mol. The SMILES string of the molecule is Cc1ccccc1OC[C@@H]1c2ccsc2CCN1C(=O)CN(C[C@H]1CCCO1)C(=O)C1CC1. The predicted octanol–water partition coefficient (Wildman–Crippen LogP) is 3.98. The van der Waals surface area contributed by atoms with E-state index in [9.17, 15) is 9.59 Å². The zero-order chi connectivity index (χ0) is 22.8. The smallest absolute Gasteiger partial charge is 0.242 e. The Morgan fingerprint density at radius 1 is 1.21 bits per heavy atom. The van der Waals surface area contributed by atoms with E-state index in [1.54, 1.807) is 16.2 Å². The fourth-order valence-electron chi connectivity index (χ4n) is 4.87. The van der Waals surface area contributed by atoms with E-state index in [-0.39, 0.29) is 36.4 Å². The Morgan fingerprint density at radius 3 is 2.82 bits per heavy atom. The molecule has 3 aliphatic rings. The summed E-state index contributed by atoms with van der Waals surface area (Å²) >= 11 is 1.75. The summed E-state index contributed by atoms with van der Waals surface area (Å²) in [4.78, 5) is 31.6. The summed E-state index contributed by atoms with van der Waals surface area (Å²) < 4.78 is 12.0. The summed E-state index contributed by atoms with van der Waals surface area (Å²) in [5, 5.41) is 2.10. The molecule has 7 heteroatoms. The first-order chi connectivity index (χ1) is 16.1. The van der Waals surface area contributed by atoms with Gasteiger partial charge in [-0.25, -0.2) is 0 Å². The van der Waals surface area contributed by atoms with Crippen LogP contribution in [-0.4, -0.2) is 60.6 Å². The molecular formula is C26H32N2O4S. The van der Waals surface area contributed by atoms with Crippen LogP contribution in [0.15, 0.2) is 35.7 Å². The Balaban J connectivity index is 1.32. The number of rotatable bonds is 8. The third-order valence-corrected chi connectivity index (χ3v) is 7.91. The molecule has 176 valence electrons. The lowest BCUT2D eigenvalue weighted by Gasteiger charge is -2.37. The summed E-state index contributed by atoms with van der Waals surface area (Å²) in [5.74, 6) is 1.04. The highest BCUT2D eigenvalue weighted by atomic mass is 32.1. The van der Waals surface area contributed by atoms with Crippen LogP contribution < -0.4 is 4.74 Å². The van der Waals surface area contributed by atoms with Gasteiger partial charge in [-0.2, -0.15) is 0 Å². The number of ether oxygens (including phenoxy) is 2. The van der Waals surface area contributed by atoms with Crippen molar-refractivity contribution in [1.29, 1.82) is 0 Å². The van der Waals surface area contributed by atoms with Crippen molar-refractivity contribution >= 4 is 23.2 Å². The molecule has 0 spiro atoms. The summed E-state index contributed by atoms with van der Waals surface area (Å²) in [6.07, 6.45) is 4.74. The summed E-state index contributed by atoms with van der Waals surface area (Å²) in [6, 6.07) is 9.93. The van der Waals surface area contributed by atoms with Crippen LogP contribution in [0, 0.1) is 12.8 Å². The number of hydrogen-bond donors (Lipinski definition) is 0. The van der Waals surface area contributed by atoms with E-state index in [0.29, 0.717) is 19.7 Å². The van der Waals surface area contributed by atoms with E-state index in [2.05, 4.69) is 11.4 Å². The highest BCUT2D eigenvalue weighted by Gasteiger charge is 2.38. The van der Waals surface area contributed by atoms with E-state index in [0.717, 1.165) is 50.0 Å². The quantitative estimate of drug-likeness (QED) is 0.588. The summed E-state index contributed by atoms with van der Waals surface area (Å²) in [5.41, 5.74) is 2.25. The molecule has 5 rings (SSSR count). The van der Waals surface area contributed by atoms with Crippen LogP contribution in [0.3, 0.4) is 0 Å². The van der Waals surface area contributed by atoms with Gasteiger partial charge in [0.2, 0.25) is 11.8 Å². The van der Waals surface area contributed by atoms with Gasteiger partial charge in [0.25, 0.3) is 0 Å². The van der Waals surface area contributed by atoms with Gasteiger partial charge in [-0.15, -0.1) is 11.3 Å². The van der Waals surface area contributed by atoms with Gasteiger partial charge >= 0.3 is 0 Å². The Hall–Kier alpha value is -2.38. The molecule has 1 saturated carbocycles. The third-order valence-electron chi connectivity index (χ3n) is 6.92. The number of hydrogen-bond acceptors (Lipinski definition) is 5. The van der Waals surface area contributed by atoms with Crippen molar-refractivity contribution in [1.82, 2.24) is 9.80 Å². The average molecular weight is 469 g/mol. The minimum Gasteiger partial charge on any atom is -0.491 e. The number of nitrogens with zero attached hydrogens (tertiary/aromatic N) is 2. The van der Waals surface area contributed by atoms with Crippen molar-refractivity contribution in [2.24, 2.45) is 5.92 Å². The second-order valence-electron chi connectivity index (χ2n) is 9.36. The Morgan fingerprint density at radius 2 is 2.06 bits per heavy atom. The minimum absolute atomic E-state index is 0.00256. The number of carbonyl (C=O) groups excluding carboxylic acids is 2. The molecular weight excluding hydrogens is 436 g/mol. The van der Waals surface area contributed by atoms with Crippen LogP contribution in [0.2, 0.25) is 0 Å². The summed E-state index contributed by atoms with van der Waals surface area (Å²) in [7, 11) is 0. The molecule has 1 aromatic carbocycles. The molecule has 0 bridgehead atoms. The first-order valence-electron chi connectivity index (χ1n) is 12.0. The molecule has 2 amide bonds. The molecule has 0 radical (unpaired) electrons. The molecule has 3 heterocycles. The van der Waals surface area contributed by atoms with Gasteiger partial charge in [0.15, 0.2) is 0 Å². The average Bonchev–Trinajstić information content (AvgIpc) is 3.32. The second kappa shape index (κ2) is 9.85. The van der Waals surface area contributed by atoms with Gasteiger partial charge in [0.05, 0.1) is 18.7 Å². The van der Waals surface area contributed by atoms with Crippen LogP contribution >= 0.6 is 11.3 Å². The van der Waals surface area contributed by atoms with Crippen molar-refractivity contribution in [3.63, 3.8) is 0 Å². The molecule has 2 aromatic rings. The number of aryl methyl sites for hydroxylation is 1. The lowest BCUT2D eigenvalue weighted by atomic mass is 10.00. The van der Waals surface area contributed by atoms with Gasteiger partial charge in [-0.05, 0) is 67.7 Å². The van der Waals surface area contributed by atoms with Crippen LogP contribution in [-0.2, 0) is 20.7 Å². The molecule has 1 aliphatic carbocycles. The van der Waals surface area contributed by atoms with E-state index in [1.165, 1.54) is 10.4 Å². The Labute approximate surface area is 199 Å². The van der Waals surface area contributed by atoms with Crippen molar-refractivity contribution in [3.05, 3.63) is 51.7 Å². The maximum Gasteiger partial charge on any atom is 0.242 e. The maximum absolute atomic E-state index is 13.6. The number of benzene rings is 1. The zero-order valence-electron chi connectivity index (χ0n) is 19.2. The van der Waals surface area contributed by atoms with E-state index >= 15 is 0 Å². The molecule has 6 nitrogen and oxygen atoms in total. The zero-order valence-corrected chi connectivity index (χ0v) is 20.0. The highest BCUT2D eigenvalue weighted by molar-refractivity contribution is 7.10. The molecule has 1 aromatic heterocycles. The topological polar surface area (TPSA) is 59.1 Å². The fourth-order valence-corrected chi connectivity index (χ4v) is 5.80. The van der Waals surface area contributed by atoms with Gasteiger partial charge in [-0.1, -0.05) is 18.2 Å². The van der Waals surface area contributed by atoms with Crippen molar-refractivity contribution in [2.75, 3.05) is 32.8 Å². The van der Waals surface area contributed by atoms with Crippen molar-refractivity contribution < 1.29 is 19.1 Å². The maximum atomic E-state index is 13.6. The first kappa shape index (κ1) is 22.4. The van der Waals surface area contributed by atoms with Gasteiger partial charge in [0.1, 0.15) is 12.4 Å². The lowest BCUT2D eigenvalue weighted by molar-refractivity contribution is -0.144. The monoisotopic (exact) mass is 468 g/mol. The van der Waals surface area contributed by atoms with Crippen LogP contribution in [0.1, 0.15) is 47.7 Å². The van der Waals surface area contributed by atoms with Gasteiger partial charge < -0.3 is 19.3 Å². The molecule has 2 fully saturated rings. The van der Waals surface area contributed by atoms with Crippen molar-refractivity contribution in [2.45, 2.75) is 51.2 Å². The van der Waals surface area contributed by atoms with Crippen LogP contribution in [0.5, 0.6) is 5.75 Å². The van der Waals surface area contributed by atoms with Gasteiger partial charge in [-0.3, -0.25) is 9.59 Å². The number of carbonyl (C=O) groups is 2. The van der Waals surface area contributed by atoms with Crippen LogP contribution in [0.25, 0.3) is 0 Å². The highest BCUT2D eigenvalue weighted by Crippen LogP contribution is 2.35. The molecule has 33 heavy (non-hydrogen) atoms. The third kappa shape index (κ3) is 5.09. The Bertz CT molecular complexity index is 996. The van der Waals surface area contributed by atoms with Crippen molar-refractivity contribution in [3.8, 4) is 5.75 Å². The number of thiophene rings is 1. The van der Waals surface area contributed by atoms with E-state index < -0.39 is 0 Å². The minimum atomic E-state index is -0.146.